The molecule has 5 heteroatoms. The molecule has 2 aromatic rings. The van der Waals surface area contributed by atoms with Crippen molar-refractivity contribution in [1.29, 1.82) is 0 Å². The zero-order valence-corrected chi connectivity index (χ0v) is 9.51. The first-order valence-electron chi connectivity index (χ1n) is 5.76. The number of H-pyrrole nitrogens is 1. The minimum absolute atomic E-state index is 0.216. The summed E-state index contributed by atoms with van der Waals surface area (Å²) in [5.41, 5.74) is 1.82. The summed E-state index contributed by atoms with van der Waals surface area (Å²) in [6, 6.07) is 6.90. The van der Waals surface area contributed by atoms with Crippen LogP contribution in [0.4, 0.5) is 0 Å². The van der Waals surface area contributed by atoms with Crippen LogP contribution in [0.5, 0.6) is 0 Å². The summed E-state index contributed by atoms with van der Waals surface area (Å²) in [4.78, 5) is 25.8. The van der Waals surface area contributed by atoms with Gasteiger partial charge in [-0.25, -0.2) is 4.79 Å². The fourth-order valence-electron chi connectivity index (χ4n) is 2.49. The lowest BCUT2D eigenvalue weighted by molar-refractivity contribution is -0.140. The van der Waals surface area contributed by atoms with E-state index in [1.807, 2.05) is 24.3 Å². The number of hydrogen-bond donors (Lipinski definition) is 3. The molecule has 1 aliphatic rings. The first-order valence-corrected chi connectivity index (χ1v) is 5.76. The Balaban J connectivity index is 2.00. The van der Waals surface area contributed by atoms with E-state index in [9.17, 15) is 9.59 Å². The molecule has 1 aromatic carbocycles. The Kier molecular flexibility index (Phi) is 2.33. The zero-order chi connectivity index (χ0) is 12.7. The predicted octanol–water partition coefficient (Wildman–Crippen LogP) is 1.22. The molecule has 0 radical (unpaired) electrons. The summed E-state index contributed by atoms with van der Waals surface area (Å²) in [6.07, 6.45) is 2.09. The van der Waals surface area contributed by atoms with Crippen LogP contribution >= 0.6 is 0 Å². The first kappa shape index (κ1) is 10.8. The summed E-state index contributed by atoms with van der Waals surface area (Å²) in [5, 5.41) is 12.4. The summed E-state index contributed by atoms with van der Waals surface area (Å²) < 4.78 is 0. The van der Waals surface area contributed by atoms with E-state index in [1.165, 1.54) is 0 Å². The van der Waals surface area contributed by atoms with Gasteiger partial charge in [-0.1, -0.05) is 18.2 Å². The number of fused-ring (bicyclic) bond motifs is 1. The molecule has 0 aliphatic carbocycles. The summed E-state index contributed by atoms with van der Waals surface area (Å²) in [5.74, 6) is -1.58. The van der Waals surface area contributed by atoms with E-state index in [2.05, 4.69) is 10.3 Å². The van der Waals surface area contributed by atoms with Gasteiger partial charge >= 0.3 is 5.97 Å². The third-order valence-corrected chi connectivity index (χ3v) is 3.40. The zero-order valence-electron chi connectivity index (χ0n) is 9.51. The molecule has 1 amide bonds. The van der Waals surface area contributed by atoms with Crippen molar-refractivity contribution in [2.24, 2.45) is 0 Å². The van der Waals surface area contributed by atoms with Crippen molar-refractivity contribution >= 4 is 22.8 Å². The van der Waals surface area contributed by atoms with Crippen LogP contribution in [0.1, 0.15) is 17.9 Å². The number of nitrogens with one attached hydrogen (secondary N) is 2. The fraction of sp³-hybridized carbons (Fsp3) is 0.231. The molecular weight excluding hydrogens is 232 g/mol. The maximum atomic E-state index is 11.8. The third kappa shape index (κ3) is 1.55. The normalized spacial score (nSPS) is 23.2. The lowest BCUT2D eigenvalue weighted by Crippen LogP contribution is -2.32. The standard InChI is InChI=1S/C13H12N2O3/c16-12-8(5-11(15-12)13(17)18)9-6-14-10-4-2-1-3-7(9)10/h1-4,6,8,11,14H,5H2,(H,15,16)(H,17,18). The van der Waals surface area contributed by atoms with Crippen LogP contribution in [-0.2, 0) is 9.59 Å². The van der Waals surface area contributed by atoms with Crippen molar-refractivity contribution < 1.29 is 14.7 Å². The minimum atomic E-state index is -0.981. The van der Waals surface area contributed by atoms with Crippen molar-refractivity contribution in [3.05, 3.63) is 36.0 Å². The van der Waals surface area contributed by atoms with Crippen LogP contribution in [0.3, 0.4) is 0 Å². The smallest absolute Gasteiger partial charge is 0.326 e. The Morgan fingerprint density at radius 1 is 1.33 bits per heavy atom. The molecule has 0 bridgehead atoms. The van der Waals surface area contributed by atoms with Crippen molar-refractivity contribution in [3.8, 4) is 0 Å². The third-order valence-electron chi connectivity index (χ3n) is 3.40. The number of carbonyl (C=O) groups excluding carboxylic acids is 1. The molecule has 1 fully saturated rings. The second kappa shape index (κ2) is 3.87. The first-order chi connectivity index (χ1) is 8.66. The van der Waals surface area contributed by atoms with E-state index in [1.54, 1.807) is 6.20 Å². The summed E-state index contributed by atoms with van der Waals surface area (Å²) in [7, 11) is 0. The average Bonchev–Trinajstić information content (AvgIpc) is 2.92. The lowest BCUT2D eigenvalue weighted by Gasteiger charge is -2.04. The molecule has 0 spiro atoms. The molecule has 2 atom stereocenters. The molecule has 3 rings (SSSR count). The number of aromatic amines is 1. The van der Waals surface area contributed by atoms with Crippen LogP contribution < -0.4 is 5.32 Å². The van der Waals surface area contributed by atoms with E-state index >= 15 is 0 Å². The Morgan fingerprint density at radius 3 is 2.83 bits per heavy atom. The van der Waals surface area contributed by atoms with Crippen molar-refractivity contribution in [2.75, 3.05) is 0 Å². The second-order valence-corrected chi connectivity index (χ2v) is 4.48. The monoisotopic (exact) mass is 244 g/mol. The molecule has 3 N–H and O–H groups in total. The topological polar surface area (TPSA) is 82.2 Å². The average molecular weight is 244 g/mol. The van der Waals surface area contributed by atoms with Gasteiger partial charge in [-0.3, -0.25) is 4.79 Å². The highest BCUT2D eigenvalue weighted by atomic mass is 16.4. The van der Waals surface area contributed by atoms with Crippen molar-refractivity contribution in [1.82, 2.24) is 10.3 Å². The van der Waals surface area contributed by atoms with Crippen LogP contribution in [0.2, 0.25) is 0 Å². The lowest BCUT2D eigenvalue weighted by atomic mass is 9.95. The number of aromatic nitrogens is 1. The summed E-state index contributed by atoms with van der Waals surface area (Å²) >= 11 is 0. The minimum Gasteiger partial charge on any atom is -0.480 e. The number of amides is 1. The molecule has 0 saturated carbocycles. The molecule has 1 aliphatic heterocycles. The number of carbonyl (C=O) groups is 2. The Hall–Kier alpha value is -2.30. The molecule has 92 valence electrons. The fourth-order valence-corrected chi connectivity index (χ4v) is 2.49. The van der Waals surface area contributed by atoms with Crippen molar-refractivity contribution in [2.45, 2.75) is 18.4 Å². The number of para-hydroxylation sites is 1. The van der Waals surface area contributed by atoms with E-state index in [4.69, 9.17) is 5.11 Å². The van der Waals surface area contributed by atoms with Gasteiger partial charge in [-0.2, -0.15) is 0 Å². The van der Waals surface area contributed by atoms with Gasteiger partial charge in [-0.05, 0) is 18.1 Å². The van der Waals surface area contributed by atoms with Gasteiger partial charge in [0.1, 0.15) is 6.04 Å². The molecule has 1 saturated heterocycles. The van der Waals surface area contributed by atoms with E-state index in [-0.39, 0.29) is 11.8 Å². The Morgan fingerprint density at radius 2 is 2.11 bits per heavy atom. The van der Waals surface area contributed by atoms with Crippen LogP contribution in [0.15, 0.2) is 30.5 Å². The predicted molar refractivity (Wildman–Crippen MR) is 65.2 cm³/mol. The highest BCUT2D eigenvalue weighted by Gasteiger charge is 2.37. The molecule has 5 nitrogen and oxygen atoms in total. The van der Waals surface area contributed by atoms with Crippen LogP contribution in [0, 0.1) is 0 Å². The van der Waals surface area contributed by atoms with Gasteiger partial charge in [0.2, 0.25) is 5.91 Å². The second-order valence-electron chi connectivity index (χ2n) is 4.48. The van der Waals surface area contributed by atoms with E-state index in [0.29, 0.717) is 6.42 Å². The quantitative estimate of drug-likeness (QED) is 0.743. The van der Waals surface area contributed by atoms with Gasteiger partial charge < -0.3 is 15.4 Å². The van der Waals surface area contributed by atoms with E-state index < -0.39 is 12.0 Å². The number of benzene rings is 1. The van der Waals surface area contributed by atoms with Gasteiger partial charge in [0.25, 0.3) is 0 Å². The maximum Gasteiger partial charge on any atom is 0.326 e. The highest BCUT2D eigenvalue weighted by molar-refractivity contribution is 5.96. The number of carboxylic acids is 1. The number of rotatable bonds is 2. The van der Waals surface area contributed by atoms with E-state index in [0.717, 1.165) is 16.5 Å². The molecule has 2 unspecified atom stereocenters. The van der Waals surface area contributed by atoms with Gasteiger partial charge in [-0.15, -0.1) is 0 Å². The maximum absolute atomic E-state index is 11.8. The molecule has 1 aromatic heterocycles. The molecule has 2 heterocycles. The molecule has 18 heavy (non-hydrogen) atoms. The summed E-state index contributed by atoms with van der Waals surface area (Å²) in [6.45, 7) is 0. The van der Waals surface area contributed by atoms with Crippen LogP contribution in [-0.4, -0.2) is 28.0 Å². The largest absolute Gasteiger partial charge is 0.480 e. The number of aliphatic carboxylic acids is 1. The SMILES string of the molecule is O=C(O)C1CC(c2c[nH]c3ccccc23)C(=O)N1. The van der Waals surface area contributed by atoms with Crippen molar-refractivity contribution in [3.63, 3.8) is 0 Å². The Labute approximate surface area is 103 Å². The van der Waals surface area contributed by atoms with Gasteiger partial charge in [0.05, 0.1) is 5.92 Å². The number of carboxylic acid groups (broad SMARTS) is 1. The van der Waals surface area contributed by atoms with Crippen LogP contribution in [0.25, 0.3) is 10.9 Å². The van der Waals surface area contributed by atoms with Gasteiger partial charge in [0.15, 0.2) is 0 Å². The number of hydrogen-bond acceptors (Lipinski definition) is 2. The van der Waals surface area contributed by atoms with Gasteiger partial charge in [0, 0.05) is 17.1 Å². The highest BCUT2D eigenvalue weighted by Crippen LogP contribution is 2.32. The molecular formula is C13H12N2O3. The Bertz CT molecular complexity index is 632.